The van der Waals surface area contributed by atoms with E-state index in [1.807, 2.05) is 20.2 Å². The summed E-state index contributed by atoms with van der Waals surface area (Å²) < 4.78 is 33.0. The first-order valence-electron chi connectivity index (χ1n) is 14.8. The Balaban J connectivity index is 1.85. The van der Waals surface area contributed by atoms with Crippen LogP contribution in [0.15, 0.2) is 60.7 Å². The standard InChI is InChI=1S/C31H43N5O9S/c1-36(2,17-10-18-46(43,44)45)16-9-15-27(37)34-25(19-23-11-5-3-6-12-23)30(40)33-21-28(38)32-22-29(39)35-26(31(41)42)20-24-13-7-4-8-14-24/h3-8,11-14,25-26H,9-10,15-22H2,1-2H3,(H5-,32,33,34,35,37,38,39,40,41,42,43,44,45). The Morgan fingerprint density at radius 3 is 1.78 bits per heavy atom. The number of rotatable bonds is 20. The van der Waals surface area contributed by atoms with Crippen LogP contribution in [0.3, 0.4) is 0 Å². The zero-order valence-electron chi connectivity index (χ0n) is 26.1. The number of nitrogens with one attached hydrogen (secondary N) is 4. The molecule has 2 rings (SSSR count). The van der Waals surface area contributed by atoms with Crippen LogP contribution in [0.4, 0.5) is 0 Å². The third-order valence-corrected chi connectivity index (χ3v) is 7.83. The Hall–Kier alpha value is -4.34. The summed E-state index contributed by atoms with van der Waals surface area (Å²) in [7, 11) is -0.555. The summed E-state index contributed by atoms with van der Waals surface area (Å²) in [5.74, 6) is -4.07. The maximum atomic E-state index is 13.0. The molecule has 0 aliphatic heterocycles. The van der Waals surface area contributed by atoms with Gasteiger partial charge in [-0.1, -0.05) is 60.7 Å². The Morgan fingerprint density at radius 2 is 1.24 bits per heavy atom. The molecule has 2 aromatic rings. The van der Waals surface area contributed by atoms with Gasteiger partial charge in [-0.2, -0.15) is 0 Å². The second-order valence-corrected chi connectivity index (χ2v) is 13.1. The van der Waals surface area contributed by atoms with Gasteiger partial charge in [-0.3, -0.25) is 19.2 Å². The van der Waals surface area contributed by atoms with Crippen molar-refractivity contribution in [2.75, 3.05) is 46.0 Å². The van der Waals surface area contributed by atoms with E-state index in [0.29, 0.717) is 29.6 Å². The SMILES string of the molecule is C[N+](C)(CCCC(=O)NC(Cc1ccccc1)C(=O)NCC(=O)NCC(=O)NC(Cc1ccccc1)C(=O)O)CCCS(=O)(=O)[O-]. The number of hydrogen-bond acceptors (Lipinski definition) is 8. The quantitative estimate of drug-likeness (QED) is 0.0918. The van der Waals surface area contributed by atoms with Gasteiger partial charge in [-0.25, -0.2) is 13.2 Å². The molecule has 0 aromatic heterocycles. The number of carboxylic acids is 1. The average Bonchev–Trinajstić information content (AvgIpc) is 2.98. The summed E-state index contributed by atoms with van der Waals surface area (Å²) >= 11 is 0. The number of hydrogen-bond donors (Lipinski definition) is 5. The number of nitrogens with zero attached hydrogens (tertiary/aromatic N) is 1. The van der Waals surface area contributed by atoms with Gasteiger partial charge in [0.05, 0.1) is 50.4 Å². The van der Waals surface area contributed by atoms with E-state index in [-0.39, 0.29) is 31.6 Å². The molecule has 0 aliphatic carbocycles. The van der Waals surface area contributed by atoms with E-state index >= 15 is 0 Å². The molecule has 46 heavy (non-hydrogen) atoms. The molecule has 14 nitrogen and oxygen atoms in total. The molecule has 4 amide bonds. The maximum absolute atomic E-state index is 13.0. The van der Waals surface area contributed by atoms with Crippen LogP contribution in [0.2, 0.25) is 0 Å². The van der Waals surface area contributed by atoms with Gasteiger partial charge in [-0.05, 0) is 11.1 Å². The molecule has 2 unspecified atom stereocenters. The minimum Gasteiger partial charge on any atom is -0.748 e. The Morgan fingerprint density at radius 1 is 0.739 bits per heavy atom. The lowest BCUT2D eigenvalue weighted by Gasteiger charge is -2.30. The minimum absolute atomic E-state index is 0.0618. The van der Waals surface area contributed by atoms with Crippen LogP contribution in [0.1, 0.15) is 30.4 Å². The summed E-state index contributed by atoms with van der Waals surface area (Å²) in [4.78, 5) is 62.0. The van der Waals surface area contributed by atoms with Crippen LogP contribution >= 0.6 is 0 Å². The second kappa shape index (κ2) is 18.6. The largest absolute Gasteiger partial charge is 0.748 e. The monoisotopic (exact) mass is 661 g/mol. The molecule has 0 fully saturated rings. The first-order chi connectivity index (χ1) is 21.6. The van der Waals surface area contributed by atoms with Gasteiger partial charge < -0.3 is 35.4 Å². The zero-order chi connectivity index (χ0) is 34.2. The summed E-state index contributed by atoms with van der Waals surface area (Å²) in [6.07, 6.45) is 0.968. The molecule has 0 saturated carbocycles. The molecule has 0 radical (unpaired) electrons. The van der Waals surface area contributed by atoms with Crippen molar-refractivity contribution >= 4 is 39.7 Å². The molecule has 0 spiro atoms. The smallest absolute Gasteiger partial charge is 0.326 e. The molecule has 0 heterocycles. The summed E-state index contributed by atoms with van der Waals surface area (Å²) in [6, 6.07) is 15.5. The molecular weight excluding hydrogens is 618 g/mol. The van der Waals surface area contributed by atoms with Gasteiger partial charge in [0.15, 0.2) is 0 Å². The molecule has 15 heteroatoms. The van der Waals surface area contributed by atoms with E-state index in [2.05, 4.69) is 21.3 Å². The molecule has 2 atom stereocenters. The highest BCUT2D eigenvalue weighted by atomic mass is 32.2. The van der Waals surface area contributed by atoms with Crippen molar-refractivity contribution in [3.63, 3.8) is 0 Å². The van der Waals surface area contributed by atoms with E-state index in [1.165, 1.54) is 0 Å². The lowest BCUT2D eigenvalue weighted by atomic mass is 10.0. The van der Waals surface area contributed by atoms with Crippen LogP contribution < -0.4 is 21.3 Å². The van der Waals surface area contributed by atoms with Crippen molar-refractivity contribution in [3.8, 4) is 0 Å². The summed E-state index contributed by atoms with van der Waals surface area (Å²) in [5.41, 5.74) is 1.49. The van der Waals surface area contributed by atoms with Crippen LogP contribution in [0.5, 0.6) is 0 Å². The predicted molar refractivity (Wildman–Crippen MR) is 168 cm³/mol. The number of carboxylic acid groups (broad SMARTS) is 1. The predicted octanol–water partition coefficient (Wildman–Crippen LogP) is -0.450. The van der Waals surface area contributed by atoms with Crippen LogP contribution in [0.25, 0.3) is 0 Å². The van der Waals surface area contributed by atoms with E-state index in [1.54, 1.807) is 54.6 Å². The minimum atomic E-state index is -4.29. The molecule has 2 aromatic carbocycles. The molecule has 0 saturated heterocycles. The van der Waals surface area contributed by atoms with Crippen molar-refractivity contribution in [2.45, 2.75) is 44.2 Å². The van der Waals surface area contributed by atoms with E-state index in [0.717, 1.165) is 5.56 Å². The number of amides is 4. The average molecular weight is 662 g/mol. The van der Waals surface area contributed by atoms with Crippen molar-refractivity contribution in [2.24, 2.45) is 0 Å². The fourth-order valence-electron chi connectivity index (χ4n) is 4.60. The fraction of sp³-hybridized carbons (Fsp3) is 0.452. The van der Waals surface area contributed by atoms with Crippen molar-refractivity contribution in [1.82, 2.24) is 21.3 Å². The third kappa shape index (κ3) is 16.1. The van der Waals surface area contributed by atoms with E-state index in [4.69, 9.17) is 0 Å². The maximum Gasteiger partial charge on any atom is 0.326 e. The molecule has 5 N–H and O–H groups in total. The highest BCUT2D eigenvalue weighted by Gasteiger charge is 2.24. The molecular formula is C31H43N5O9S. The van der Waals surface area contributed by atoms with Gasteiger partial charge in [0.1, 0.15) is 12.1 Å². The normalized spacial score (nSPS) is 12.8. The number of aliphatic carboxylic acids is 1. The highest BCUT2D eigenvalue weighted by Crippen LogP contribution is 2.07. The van der Waals surface area contributed by atoms with Gasteiger partial charge in [0, 0.05) is 37.9 Å². The topological polar surface area (TPSA) is 211 Å². The lowest BCUT2D eigenvalue weighted by molar-refractivity contribution is -0.890. The Labute approximate surface area is 269 Å². The molecule has 0 bridgehead atoms. The first-order valence-corrected chi connectivity index (χ1v) is 16.4. The Bertz CT molecular complexity index is 1420. The zero-order valence-corrected chi connectivity index (χ0v) is 26.9. The lowest BCUT2D eigenvalue weighted by Crippen LogP contribution is -2.51. The van der Waals surface area contributed by atoms with E-state index < -0.39 is 64.7 Å². The van der Waals surface area contributed by atoms with Gasteiger partial charge >= 0.3 is 5.97 Å². The number of carbonyl (C=O) groups excluding carboxylic acids is 4. The highest BCUT2D eigenvalue weighted by molar-refractivity contribution is 7.85. The van der Waals surface area contributed by atoms with Crippen molar-refractivity contribution in [3.05, 3.63) is 71.8 Å². The van der Waals surface area contributed by atoms with Crippen LogP contribution in [-0.4, -0.2) is 110 Å². The third-order valence-electron chi connectivity index (χ3n) is 7.04. The van der Waals surface area contributed by atoms with E-state index in [9.17, 15) is 42.0 Å². The van der Waals surface area contributed by atoms with Crippen molar-refractivity contribution in [1.29, 1.82) is 0 Å². The Kier molecular flexibility index (Phi) is 15.3. The number of benzene rings is 2. The van der Waals surface area contributed by atoms with Crippen LogP contribution in [-0.2, 0) is 46.9 Å². The number of carbonyl (C=O) groups is 5. The van der Waals surface area contributed by atoms with Gasteiger partial charge in [0.25, 0.3) is 0 Å². The summed E-state index contributed by atoms with van der Waals surface area (Å²) in [6.45, 7) is -0.00181. The first kappa shape index (κ1) is 37.8. The van der Waals surface area contributed by atoms with Crippen molar-refractivity contribution < 1.29 is 46.5 Å². The second-order valence-electron chi connectivity index (χ2n) is 11.6. The fourth-order valence-corrected chi connectivity index (χ4v) is 5.08. The molecule has 252 valence electrons. The number of quaternary nitrogens is 1. The van der Waals surface area contributed by atoms with Gasteiger partial charge in [0.2, 0.25) is 23.6 Å². The van der Waals surface area contributed by atoms with Gasteiger partial charge in [-0.15, -0.1) is 0 Å². The summed E-state index contributed by atoms with van der Waals surface area (Å²) in [5, 5.41) is 19.3. The molecule has 0 aliphatic rings. The van der Waals surface area contributed by atoms with Crippen LogP contribution in [0, 0.1) is 0 Å².